The lowest BCUT2D eigenvalue weighted by Crippen LogP contribution is -2.61. The fourth-order valence-corrected chi connectivity index (χ4v) is 3.04. The lowest BCUT2D eigenvalue weighted by atomic mass is 9.83. The van der Waals surface area contributed by atoms with Crippen LogP contribution in [0.2, 0.25) is 0 Å². The SMILES string of the molecule is CC(=O)OC1C(OC(=O)c2ccccc2)C=CC(=O)[C@]1(O)COC(=O)c1ccccc1. The van der Waals surface area contributed by atoms with E-state index in [2.05, 4.69) is 0 Å². The Kier molecular flexibility index (Phi) is 6.61. The van der Waals surface area contributed by atoms with Crippen molar-refractivity contribution in [2.24, 2.45) is 0 Å². The van der Waals surface area contributed by atoms with Crippen LogP contribution in [0, 0.1) is 0 Å². The first-order valence-electron chi connectivity index (χ1n) is 9.41. The Hall–Kier alpha value is -3.78. The van der Waals surface area contributed by atoms with Crippen LogP contribution in [0.1, 0.15) is 27.6 Å². The summed E-state index contributed by atoms with van der Waals surface area (Å²) in [7, 11) is 0. The minimum atomic E-state index is -2.44. The third kappa shape index (κ3) is 5.04. The Labute approximate surface area is 178 Å². The molecule has 3 atom stereocenters. The van der Waals surface area contributed by atoms with Gasteiger partial charge in [0.2, 0.25) is 5.60 Å². The van der Waals surface area contributed by atoms with Gasteiger partial charge in [0, 0.05) is 6.92 Å². The predicted octanol–water partition coefficient (Wildman–Crippen LogP) is 1.87. The predicted molar refractivity (Wildman–Crippen MR) is 107 cm³/mol. The molecule has 31 heavy (non-hydrogen) atoms. The van der Waals surface area contributed by atoms with Crippen LogP contribution < -0.4 is 0 Å². The first kappa shape index (κ1) is 21.9. The van der Waals surface area contributed by atoms with Gasteiger partial charge in [-0.05, 0) is 36.4 Å². The van der Waals surface area contributed by atoms with Crippen molar-refractivity contribution in [3.05, 3.63) is 83.9 Å². The minimum absolute atomic E-state index is 0.209. The number of ether oxygens (including phenoxy) is 3. The molecule has 0 bridgehead atoms. The number of rotatable bonds is 6. The zero-order chi connectivity index (χ0) is 22.4. The zero-order valence-electron chi connectivity index (χ0n) is 16.6. The number of ketones is 1. The average Bonchev–Trinajstić information content (AvgIpc) is 2.78. The monoisotopic (exact) mass is 424 g/mol. The molecule has 2 aromatic carbocycles. The van der Waals surface area contributed by atoms with Gasteiger partial charge in [-0.25, -0.2) is 9.59 Å². The Morgan fingerprint density at radius 3 is 2.00 bits per heavy atom. The molecule has 0 saturated carbocycles. The molecule has 0 amide bonds. The zero-order valence-corrected chi connectivity index (χ0v) is 16.6. The van der Waals surface area contributed by atoms with Crippen LogP contribution in [-0.2, 0) is 23.8 Å². The van der Waals surface area contributed by atoms with E-state index < -0.39 is 48.1 Å². The van der Waals surface area contributed by atoms with E-state index >= 15 is 0 Å². The fraction of sp³-hybridized carbons (Fsp3) is 0.217. The molecule has 0 aliphatic heterocycles. The fourth-order valence-electron chi connectivity index (χ4n) is 3.04. The number of benzene rings is 2. The van der Waals surface area contributed by atoms with Crippen molar-refractivity contribution in [2.75, 3.05) is 6.61 Å². The molecule has 3 rings (SSSR count). The van der Waals surface area contributed by atoms with Crippen molar-refractivity contribution in [3.63, 3.8) is 0 Å². The quantitative estimate of drug-likeness (QED) is 0.552. The van der Waals surface area contributed by atoms with Crippen molar-refractivity contribution < 1.29 is 38.5 Å². The molecule has 0 heterocycles. The van der Waals surface area contributed by atoms with Crippen LogP contribution in [-0.4, -0.2) is 53.2 Å². The van der Waals surface area contributed by atoms with E-state index in [0.29, 0.717) is 0 Å². The summed E-state index contributed by atoms with van der Waals surface area (Å²) in [6.45, 7) is 0.274. The standard InChI is InChI=1S/C23H20O8/c1-15(24)30-20-18(31-22(27)17-10-6-3-7-11-17)12-13-19(25)23(20,28)14-29-21(26)16-8-4-2-5-9-16/h2-13,18,20,28H,14H2,1H3/t18?,20?,23-/m1/s1. The lowest BCUT2D eigenvalue weighted by Gasteiger charge is -2.38. The maximum Gasteiger partial charge on any atom is 0.338 e. The first-order chi connectivity index (χ1) is 14.8. The number of carbonyl (C=O) groups is 4. The van der Waals surface area contributed by atoms with Crippen LogP contribution in [0.4, 0.5) is 0 Å². The molecule has 1 aliphatic carbocycles. The van der Waals surface area contributed by atoms with Gasteiger partial charge in [-0.15, -0.1) is 0 Å². The summed E-state index contributed by atoms with van der Waals surface area (Å²) in [5, 5.41) is 11.1. The Morgan fingerprint density at radius 2 is 1.45 bits per heavy atom. The lowest BCUT2D eigenvalue weighted by molar-refractivity contribution is -0.186. The van der Waals surface area contributed by atoms with E-state index in [0.717, 1.165) is 13.0 Å². The van der Waals surface area contributed by atoms with Gasteiger partial charge in [0.1, 0.15) is 6.61 Å². The second-order valence-corrected chi connectivity index (χ2v) is 6.86. The molecule has 0 spiro atoms. The minimum Gasteiger partial charge on any atom is -0.458 e. The van der Waals surface area contributed by atoms with E-state index in [4.69, 9.17) is 14.2 Å². The molecular weight excluding hydrogens is 404 g/mol. The van der Waals surface area contributed by atoms with E-state index in [1.165, 1.54) is 30.3 Å². The van der Waals surface area contributed by atoms with Gasteiger partial charge in [-0.3, -0.25) is 9.59 Å². The van der Waals surface area contributed by atoms with Crippen molar-refractivity contribution in [1.29, 1.82) is 0 Å². The van der Waals surface area contributed by atoms with Crippen molar-refractivity contribution >= 4 is 23.7 Å². The van der Waals surface area contributed by atoms with Gasteiger partial charge in [-0.1, -0.05) is 36.4 Å². The summed E-state index contributed by atoms with van der Waals surface area (Å²) in [6.07, 6.45) is -0.683. The Bertz CT molecular complexity index is 999. The van der Waals surface area contributed by atoms with Crippen LogP contribution in [0.3, 0.4) is 0 Å². The first-order valence-corrected chi connectivity index (χ1v) is 9.41. The largest absolute Gasteiger partial charge is 0.458 e. The number of hydrogen-bond donors (Lipinski definition) is 1. The highest BCUT2D eigenvalue weighted by Gasteiger charge is 2.53. The second kappa shape index (κ2) is 9.36. The van der Waals surface area contributed by atoms with Gasteiger partial charge >= 0.3 is 17.9 Å². The smallest absolute Gasteiger partial charge is 0.338 e. The van der Waals surface area contributed by atoms with Crippen LogP contribution >= 0.6 is 0 Å². The third-order valence-corrected chi connectivity index (χ3v) is 4.61. The van der Waals surface area contributed by atoms with Crippen molar-refractivity contribution in [3.8, 4) is 0 Å². The van der Waals surface area contributed by atoms with E-state index in [9.17, 15) is 24.3 Å². The molecule has 0 aromatic heterocycles. The molecule has 160 valence electrons. The van der Waals surface area contributed by atoms with E-state index in [1.807, 2.05) is 0 Å². The number of carbonyl (C=O) groups excluding carboxylic acids is 4. The van der Waals surface area contributed by atoms with Gasteiger partial charge in [0.15, 0.2) is 18.0 Å². The molecule has 8 heteroatoms. The van der Waals surface area contributed by atoms with Crippen LogP contribution in [0.25, 0.3) is 0 Å². The second-order valence-electron chi connectivity index (χ2n) is 6.86. The van der Waals surface area contributed by atoms with E-state index in [1.54, 1.807) is 36.4 Å². The molecule has 2 aromatic rings. The van der Waals surface area contributed by atoms with Crippen LogP contribution in [0.15, 0.2) is 72.8 Å². The summed E-state index contributed by atoms with van der Waals surface area (Å²) >= 11 is 0. The Balaban J connectivity index is 1.82. The molecule has 0 fully saturated rings. The van der Waals surface area contributed by atoms with Gasteiger partial charge in [-0.2, -0.15) is 0 Å². The molecule has 8 nitrogen and oxygen atoms in total. The topological polar surface area (TPSA) is 116 Å². The summed E-state index contributed by atoms with van der Waals surface area (Å²) in [5.74, 6) is -3.20. The Morgan fingerprint density at radius 1 is 0.903 bits per heavy atom. The summed E-state index contributed by atoms with van der Waals surface area (Å²) in [5.41, 5.74) is -2.00. The molecule has 0 radical (unpaired) electrons. The molecular formula is C23H20O8. The van der Waals surface area contributed by atoms with Crippen molar-refractivity contribution in [2.45, 2.75) is 24.7 Å². The van der Waals surface area contributed by atoms with Crippen molar-refractivity contribution in [1.82, 2.24) is 0 Å². The number of aliphatic hydroxyl groups is 1. The molecule has 2 unspecified atom stereocenters. The number of esters is 3. The van der Waals surface area contributed by atoms with Gasteiger partial charge in [0.05, 0.1) is 11.1 Å². The maximum atomic E-state index is 12.5. The maximum absolute atomic E-state index is 12.5. The molecule has 1 N–H and O–H groups in total. The van der Waals surface area contributed by atoms with E-state index in [-0.39, 0.29) is 11.1 Å². The normalized spacial score (nSPS) is 22.5. The molecule has 0 saturated heterocycles. The van der Waals surface area contributed by atoms with Crippen LogP contribution in [0.5, 0.6) is 0 Å². The third-order valence-electron chi connectivity index (χ3n) is 4.61. The average molecular weight is 424 g/mol. The summed E-state index contributed by atoms with van der Waals surface area (Å²) in [6, 6.07) is 16.0. The molecule has 1 aliphatic rings. The van der Waals surface area contributed by atoms with Gasteiger partial charge < -0.3 is 19.3 Å². The van der Waals surface area contributed by atoms with Gasteiger partial charge in [0.25, 0.3) is 0 Å². The summed E-state index contributed by atoms with van der Waals surface area (Å²) < 4.78 is 15.6. The highest BCUT2D eigenvalue weighted by molar-refractivity contribution is 6.00. The number of hydrogen-bond acceptors (Lipinski definition) is 8. The summed E-state index contributed by atoms with van der Waals surface area (Å²) in [4.78, 5) is 48.8. The highest BCUT2D eigenvalue weighted by atomic mass is 16.6. The highest BCUT2D eigenvalue weighted by Crippen LogP contribution is 2.28.